The van der Waals surface area contributed by atoms with Crippen LogP contribution in [-0.2, 0) is 5.16 Å². The van der Waals surface area contributed by atoms with Crippen LogP contribution in [0.15, 0.2) is 151 Å². The van der Waals surface area contributed by atoms with E-state index >= 15 is 0 Å². The van der Waals surface area contributed by atoms with Crippen LogP contribution in [0.1, 0.15) is 37.8 Å². The Bertz CT molecular complexity index is 1300. The summed E-state index contributed by atoms with van der Waals surface area (Å²) in [6.07, 6.45) is 8.23. The Morgan fingerprint density at radius 1 is 0.718 bits per heavy atom. The first-order valence-electron chi connectivity index (χ1n) is 14.1. The standard InChI is InChI=1S/C22H26N2Si.C13H13B/c1-3-19(4-2)17-25-22(24-16-15-23-18-24,20-11-7-5-8-12-20)21-13-9-6-10-14-21;1-14(12-8-4-2-5-9-12)13-10-6-3-7-11-13/h5-18H,3-4,25H2,1-2H3;2-11H,1H3. The molecule has 5 rings (SSSR count). The summed E-state index contributed by atoms with van der Waals surface area (Å²) in [4.78, 5) is 4.37. The van der Waals surface area contributed by atoms with Crippen molar-refractivity contribution in [3.63, 3.8) is 0 Å². The van der Waals surface area contributed by atoms with Crippen molar-refractivity contribution in [3.05, 3.63) is 162 Å². The Morgan fingerprint density at radius 2 is 1.15 bits per heavy atom. The van der Waals surface area contributed by atoms with E-state index in [4.69, 9.17) is 0 Å². The second-order valence-electron chi connectivity index (χ2n) is 9.88. The highest BCUT2D eigenvalue weighted by atomic mass is 28.2. The molecule has 0 aliphatic rings. The maximum Gasteiger partial charge on any atom is 0.206 e. The molecule has 0 atom stereocenters. The molecule has 0 aliphatic heterocycles. The Balaban J connectivity index is 0.000000212. The fraction of sp³-hybridized carbons (Fsp3) is 0.171. The maximum absolute atomic E-state index is 4.37. The molecule has 0 spiro atoms. The number of imidazole rings is 1. The molecule has 196 valence electrons. The quantitative estimate of drug-likeness (QED) is 0.202. The molecule has 39 heavy (non-hydrogen) atoms. The lowest BCUT2D eigenvalue weighted by atomic mass is 9.43. The number of aromatic nitrogens is 2. The molecular formula is C35H39BN2Si. The van der Waals surface area contributed by atoms with Gasteiger partial charge in [-0.25, -0.2) is 4.98 Å². The van der Waals surface area contributed by atoms with Gasteiger partial charge < -0.3 is 4.57 Å². The van der Waals surface area contributed by atoms with Gasteiger partial charge in [-0.1, -0.05) is 164 Å². The molecular weight excluding hydrogens is 487 g/mol. The van der Waals surface area contributed by atoms with Crippen LogP contribution in [0.25, 0.3) is 0 Å². The van der Waals surface area contributed by atoms with Crippen molar-refractivity contribution in [2.24, 2.45) is 0 Å². The van der Waals surface area contributed by atoms with Gasteiger partial charge in [-0.15, -0.1) is 0 Å². The molecule has 0 amide bonds. The van der Waals surface area contributed by atoms with E-state index in [0.29, 0.717) is 6.71 Å². The van der Waals surface area contributed by atoms with E-state index in [0.717, 1.165) is 12.8 Å². The zero-order chi connectivity index (χ0) is 27.3. The Morgan fingerprint density at radius 3 is 1.54 bits per heavy atom. The zero-order valence-electron chi connectivity index (χ0n) is 23.4. The van der Waals surface area contributed by atoms with E-state index in [1.165, 1.54) is 22.1 Å². The zero-order valence-corrected chi connectivity index (χ0v) is 24.9. The van der Waals surface area contributed by atoms with Crippen molar-refractivity contribution in [1.29, 1.82) is 0 Å². The second kappa shape index (κ2) is 14.3. The predicted octanol–water partition coefficient (Wildman–Crippen LogP) is 6.43. The van der Waals surface area contributed by atoms with Gasteiger partial charge in [0.15, 0.2) is 0 Å². The summed E-state index contributed by atoms with van der Waals surface area (Å²) < 4.78 is 2.31. The molecule has 0 N–H and O–H groups in total. The molecule has 0 fully saturated rings. The number of rotatable bonds is 9. The first-order chi connectivity index (χ1) is 19.2. The third-order valence-electron chi connectivity index (χ3n) is 7.64. The first kappa shape index (κ1) is 28.1. The molecule has 1 aromatic heterocycles. The van der Waals surface area contributed by atoms with Crippen LogP contribution in [0.2, 0.25) is 6.82 Å². The Kier molecular flexibility index (Phi) is 10.3. The van der Waals surface area contributed by atoms with Gasteiger partial charge in [0.05, 0.1) is 21.0 Å². The van der Waals surface area contributed by atoms with Crippen LogP contribution in [0, 0.1) is 0 Å². The summed E-state index contributed by atoms with van der Waals surface area (Å²) in [5.41, 5.74) is 9.54. The van der Waals surface area contributed by atoms with Crippen LogP contribution >= 0.6 is 0 Å². The van der Waals surface area contributed by atoms with Gasteiger partial charge in [0.25, 0.3) is 0 Å². The summed E-state index contributed by atoms with van der Waals surface area (Å²) in [5.74, 6) is 0. The maximum atomic E-state index is 4.37. The largest absolute Gasteiger partial charge is 0.326 e. The highest BCUT2D eigenvalue weighted by Gasteiger charge is 2.35. The lowest BCUT2D eigenvalue weighted by Crippen LogP contribution is -2.41. The second-order valence-corrected chi connectivity index (χ2v) is 11.7. The molecule has 0 saturated carbocycles. The van der Waals surface area contributed by atoms with E-state index in [1.807, 2.05) is 12.5 Å². The average Bonchev–Trinajstić information content (AvgIpc) is 3.57. The minimum Gasteiger partial charge on any atom is -0.326 e. The molecule has 0 aliphatic carbocycles. The number of allylic oxidation sites excluding steroid dienone is 1. The fourth-order valence-corrected chi connectivity index (χ4v) is 7.73. The predicted molar refractivity (Wildman–Crippen MR) is 172 cm³/mol. The SMILES string of the molecule is CB(c1ccccc1)c1ccccc1.CCC(=C[SiH2]C(c1ccccc1)(c1ccccc1)n1ccnc1)CC. The monoisotopic (exact) mass is 526 g/mol. The number of hydrogen-bond donors (Lipinski definition) is 0. The van der Waals surface area contributed by atoms with Gasteiger partial charge in [0, 0.05) is 12.4 Å². The summed E-state index contributed by atoms with van der Waals surface area (Å²) in [6.45, 7) is 7.24. The number of benzene rings is 4. The molecule has 5 aromatic rings. The van der Waals surface area contributed by atoms with E-state index in [2.05, 4.69) is 163 Å². The van der Waals surface area contributed by atoms with Gasteiger partial charge in [0.2, 0.25) is 6.71 Å². The summed E-state index contributed by atoms with van der Waals surface area (Å²) in [5, 5.41) is -0.144. The number of hydrogen-bond acceptors (Lipinski definition) is 1. The van der Waals surface area contributed by atoms with Crippen molar-refractivity contribution in [1.82, 2.24) is 9.55 Å². The summed E-state index contributed by atoms with van der Waals surface area (Å²) in [6, 6.07) is 43.0. The highest BCUT2D eigenvalue weighted by molar-refractivity contribution is 6.84. The third-order valence-corrected chi connectivity index (χ3v) is 10.2. The number of nitrogens with zero attached hydrogens (tertiary/aromatic N) is 2. The van der Waals surface area contributed by atoms with E-state index in [9.17, 15) is 0 Å². The van der Waals surface area contributed by atoms with E-state index < -0.39 is 9.52 Å². The first-order valence-corrected chi connectivity index (χ1v) is 15.6. The van der Waals surface area contributed by atoms with Crippen molar-refractivity contribution in [3.8, 4) is 0 Å². The molecule has 0 radical (unpaired) electrons. The summed E-state index contributed by atoms with van der Waals surface area (Å²) >= 11 is 0. The molecule has 0 saturated heterocycles. The van der Waals surface area contributed by atoms with Gasteiger partial charge in [-0.3, -0.25) is 0 Å². The van der Waals surface area contributed by atoms with Crippen molar-refractivity contribution in [2.75, 3.05) is 0 Å². The van der Waals surface area contributed by atoms with E-state index in [-0.39, 0.29) is 5.16 Å². The molecule has 0 unspecified atom stereocenters. The van der Waals surface area contributed by atoms with E-state index in [1.54, 1.807) is 5.57 Å². The molecule has 4 aromatic carbocycles. The highest BCUT2D eigenvalue weighted by Crippen LogP contribution is 2.33. The van der Waals surface area contributed by atoms with Crippen LogP contribution in [0.3, 0.4) is 0 Å². The van der Waals surface area contributed by atoms with Gasteiger partial charge in [-0.2, -0.15) is 0 Å². The van der Waals surface area contributed by atoms with Crippen molar-refractivity contribution < 1.29 is 0 Å². The molecule has 4 heteroatoms. The molecule has 0 bridgehead atoms. The van der Waals surface area contributed by atoms with Crippen LogP contribution in [0.4, 0.5) is 0 Å². The van der Waals surface area contributed by atoms with Crippen LogP contribution in [-0.4, -0.2) is 25.8 Å². The summed E-state index contributed by atoms with van der Waals surface area (Å²) in [7, 11) is -0.656. The lowest BCUT2D eigenvalue weighted by Gasteiger charge is -2.36. The Hall–Kier alpha value is -3.89. The van der Waals surface area contributed by atoms with Crippen LogP contribution in [0.5, 0.6) is 0 Å². The van der Waals surface area contributed by atoms with Crippen molar-refractivity contribution >= 4 is 27.2 Å². The lowest BCUT2D eigenvalue weighted by molar-refractivity contribution is 0.596. The minimum atomic E-state index is -0.656. The van der Waals surface area contributed by atoms with Crippen LogP contribution < -0.4 is 10.9 Å². The van der Waals surface area contributed by atoms with Gasteiger partial charge >= 0.3 is 0 Å². The Labute approximate surface area is 237 Å². The normalized spacial score (nSPS) is 11.1. The average molecular weight is 527 g/mol. The third kappa shape index (κ3) is 6.96. The van der Waals surface area contributed by atoms with Crippen molar-refractivity contribution in [2.45, 2.75) is 38.7 Å². The fourth-order valence-electron chi connectivity index (χ4n) is 5.23. The topological polar surface area (TPSA) is 17.8 Å². The molecule has 1 heterocycles. The minimum absolute atomic E-state index is 0.144. The smallest absolute Gasteiger partial charge is 0.206 e. The van der Waals surface area contributed by atoms with Gasteiger partial charge in [0.1, 0.15) is 0 Å². The van der Waals surface area contributed by atoms with Gasteiger partial charge in [-0.05, 0) is 24.0 Å². The molecule has 2 nitrogen and oxygen atoms in total.